The monoisotopic (exact) mass is 443 g/mol. The highest BCUT2D eigenvalue weighted by atomic mass is 16.6. The predicted octanol–water partition coefficient (Wildman–Crippen LogP) is 3.21. The molecule has 1 aliphatic carbocycles. The van der Waals surface area contributed by atoms with Crippen LogP contribution in [0.25, 0.3) is 0 Å². The summed E-state index contributed by atoms with van der Waals surface area (Å²) in [6.07, 6.45) is 9.79. The average molecular weight is 444 g/mol. The molecule has 1 aromatic carbocycles. The molecule has 1 aliphatic rings. The first-order chi connectivity index (χ1) is 15.0. The highest BCUT2D eigenvalue weighted by molar-refractivity contribution is 5.93. The molecule has 2 rings (SSSR count). The van der Waals surface area contributed by atoms with Gasteiger partial charge in [-0.2, -0.15) is 0 Å². The van der Waals surface area contributed by atoms with Gasteiger partial charge in [0.15, 0.2) is 0 Å². The molecule has 0 aliphatic heterocycles. The fourth-order valence-electron chi connectivity index (χ4n) is 3.66. The van der Waals surface area contributed by atoms with Crippen LogP contribution in [0.1, 0.15) is 71.4 Å². The number of rotatable bonds is 6. The first kappa shape index (κ1) is 25.1. The largest absolute Gasteiger partial charge is 0.508 e. The number of terminal acetylenes is 1. The number of carbonyl (C=O) groups is 3. The molecule has 3 N–H and O–H groups in total. The van der Waals surface area contributed by atoms with E-state index in [9.17, 15) is 19.5 Å². The zero-order chi connectivity index (χ0) is 23.9. The summed E-state index contributed by atoms with van der Waals surface area (Å²) in [6.45, 7) is 6.59. The Morgan fingerprint density at radius 2 is 1.88 bits per heavy atom. The van der Waals surface area contributed by atoms with Crippen LogP contribution in [0.5, 0.6) is 5.75 Å². The molecule has 8 heteroatoms. The number of nitrogens with one attached hydrogen (secondary N) is 2. The second-order valence-electron chi connectivity index (χ2n) is 9.05. The average Bonchev–Trinajstić information content (AvgIpc) is 2.70. The number of ether oxygens (including phenoxy) is 1. The third kappa shape index (κ3) is 7.19. The zero-order valence-electron chi connectivity index (χ0n) is 19.2. The summed E-state index contributed by atoms with van der Waals surface area (Å²) < 4.78 is 5.20. The normalized spacial score (nSPS) is 16.2. The minimum absolute atomic E-state index is 0.00287. The van der Waals surface area contributed by atoms with Crippen LogP contribution in [-0.2, 0) is 14.3 Å². The maximum absolute atomic E-state index is 13.3. The zero-order valence-corrected chi connectivity index (χ0v) is 19.2. The fourth-order valence-corrected chi connectivity index (χ4v) is 3.66. The summed E-state index contributed by atoms with van der Waals surface area (Å²) in [5.41, 5.74) is -0.364. The Morgan fingerprint density at radius 1 is 1.22 bits per heavy atom. The first-order valence-corrected chi connectivity index (χ1v) is 10.9. The van der Waals surface area contributed by atoms with Crippen LogP contribution < -0.4 is 10.6 Å². The van der Waals surface area contributed by atoms with E-state index in [0.29, 0.717) is 5.56 Å². The third-order valence-corrected chi connectivity index (χ3v) is 5.12. The Bertz CT molecular complexity index is 865. The van der Waals surface area contributed by atoms with Gasteiger partial charge in [0.05, 0.1) is 0 Å². The van der Waals surface area contributed by atoms with Crippen molar-refractivity contribution in [3.8, 4) is 18.2 Å². The van der Waals surface area contributed by atoms with E-state index in [4.69, 9.17) is 11.2 Å². The molecule has 0 spiro atoms. The van der Waals surface area contributed by atoms with Gasteiger partial charge in [-0.3, -0.25) is 14.5 Å². The number of benzene rings is 1. The van der Waals surface area contributed by atoms with E-state index in [1.165, 1.54) is 19.1 Å². The van der Waals surface area contributed by atoms with Crippen molar-refractivity contribution in [3.05, 3.63) is 29.8 Å². The number of phenolic OH excluding ortho intramolecular Hbond substituents is 1. The Kier molecular flexibility index (Phi) is 8.53. The van der Waals surface area contributed by atoms with Crippen molar-refractivity contribution in [1.82, 2.24) is 15.5 Å². The molecule has 3 amide bonds. The van der Waals surface area contributed by atoms with Crippen molar-refractivity contribution in [3.63, 3.8) is 0 Å². The number of nitrogens with zero attached hydrogens (tertiary/aromatic N) is 1. The molecular formula is C24H33N3O5. The second kappa shape index (κ2) is 10.9. The van der Waals surface area contributed by atoms with E-state index in [1.807, 2.05) is 0 Å². The number of alkyl carbamates (subject to hydrolysis) is 1. The topological polar surface area (TPSA) is 108 Å². The Labute approximate surface area is 189 Å². The van der Waals surface area contributed by atoms with Gasteiger partial charge < -0.3 is 20.5 Å². The minimum Gasteiger partial charge on any atom is -0.508 e. The highest BCUT2D eigenvalue weighted by Crippen LogP contribution is 2.26. The molecule has 174 valence electrons. The lowest BCUT2D eigenvalue weighted by Gasteiger charge is -2.31. The summed E-state index contributed by atoms with van der Waals surface area (Å²) >= 11 is 0. The standard InChI is InChI=1S/C24H33N3O5/c1-6-27(22(30)16(2)25-23(31)32-24(3,4)5)20(17-11-10-14-19(28)15-17)21(29)26-18-12-8-7-9-13-18/h1,10-11,14-16,18,20,28H,7-9,12-13H2,2-5H3,(H,25,31)(H,26,29). The third-order valence-electron chi connectivity index (χ3n) is 5.12. The number of hydrogen-bond donors (Lipinski definition) is 3. The molecule has 0 bridgehead atoms. The number of aromatic hydroxyl groups is 1. The Morgan fingerprint density at radius 3 is 2.44 bits per heavy atom. The van der Waals surface area contributed by atoms with Crippen LogP contribution in [0.15, 0.2) is 24.3 Å². The lowest BCUT2D eigenvalue weighted by atomic mass is 9.94. The summed E-state index contributed by atoms with van der Waals surface area (Å²) in [5.74, 6) is -1.13. The minimum atomic E-state index is -1.16. The Hall–Kier alpha value is -3.21. The summed E-state index contributed by atoms with van der Waals surface area (Å²) in [7, 11) is 0. The van der Waals surface area contributed by atoms with E-state index in [1.54, 1.807) is 32.9 Å². The summed E-state index contributed by atoms with van der Waals surface area (Å²) in [5, 5.41) is 15.4. The van der Waals surface area contributed by atoms with E-state index in [-0.39, 0.29) is 11.8 Å². The highest BCUT2D eigenvalue weighted by Gasteiger charge is 2.35. The van der Waals surface area contributed by atoms with Gasteiger partial charge in [0.25, 0.3) is 5.91 Å². The van der Waals surface area contributed by atoms with E-state index in [2.05, 4.69) is 16.7 Å². The number of amides is 3. The second-order valence-corrected chi connectivity index (χ2v) is 9.05. The van der Waals surface area contributed by atoms with Crippen molar-refractivity contribution >= 4 is 17.9 Å². The molecule has 1 fully saturated rings. The maximum atomic E-state index is 13.3. The molecule has 0 aromatic heterocycles. The lowest BCUT2D eigenvalue weighted by molar-refractivity contribution is -0.138. The van der Waals surface area contributed by atoms with Crippen molar-refractivity contribution in [2.45, 2.75) is 83.5 Å². The van der Waals surface area contributed by atoms with Gasteiger partial charge in [0.2, 0.25) is 5.91 Å². The van der Waals surface area contributed by atoms with Gasteiger partial charge in [-0.15, -0.1) is 0 Å². The summed E-state index contributed by atoms with van der Waals surface area (Å²) in [6, 6.07) is 6.15. The SMILES string of the molecule is C#CN(C(=O)C(C)NC(=O)OC(C)(C)C)C(C(=O)NC1CCCCC1)c1cccc(O)c1. The fraction of sp³-hybridized carbons (Fsp3) is 0.542. The van der Waals surface area contributed by atoms with Gasteiger partial charge in [-0.25, -0.2) is 4.79 Å². The maximum Gasteiger partial charge on any atom is 0.408 e. The predicted molar refractivity (Wildman–Crippen MR) is 120 cm³/mol. The molecule has 0 radical (unpaired) electrons. The number of hydrogen-bond acceptors (Lipinski definition) is 5. The number of phenols is 1. The lowest BCUT2D eigenvalue weighted by Crippen LogP contribution is -2.51. The van der Waals surface area contributed by atoms with Crippen LogP contribution in [0, 0.1) is 12.5 Å². The first-order valence-electron chi connectivity index (χ1n) is 10.9. The van der Waals surface area contributed by atoms with Crippen LogP contribution in [0.3, 0.4) is 0 Å². The summed E-state index contributed by atoms with van der Waals surface area (Å²) in [4.78, 5) is 39.5. The van der Waals surface area contributed by atoms with Crippen LogP contribution in [0.2, 0.25) is 0 Å². The van der Waals surface area contributed by atoms with Crippen LogP contribution >= 0.6 is 0 Å². The van der Waals surface area contributed by atoms with Crippen molar-refractivity contribution in [2.75, 3.05) is 0 Å². The molecule has 0 saturated heterocycles. The molecule has 0 heterocycles. The molecule has 32 heavy (non-hydrogen) atoms. The van der Waals surface area contributed by atoms with Crippen molar-refractivity contribution in [2.24, 2.45) is 0 Å². The molecule has 2 atom stereocenters. The van der Waals surface area contributed by atoms with Crippen molar-refractivity contribution in [1.29, 1.82) is 0 Å². The van der Waals surface area contributed by atoms with E-state index in [0.717, 1.165) is 37.0 Å². The Balaban J connectivity index is 2.26. The van der Waals surface area contributed by atoms with Gasteiger partial charge in [0, 0.05) is 12.1 Å². The number of carbonyl (C=O) groups excluding carboxylic acids is 3. The van der Waals surface area contributed by atoms with Gasteiger partial charge in [-0.1, -0.05) is 37.8 Å². The smallest absolute Gasteiger partial charge is 0.408 e. The molecule has 8 nitrogen and oxygen atoms in total. The van der Waals surface area contributed by atoms with Gasteiger partial charge in [0.1, 0.15) is 23.4 Å². The van der Waals surface area contributed by atoms with Crippen LogP contribution in [-0.4, -0.2) is 45.6 Å². The van der Waals surface area contributed by atoms with Crippen molar-refractivity contribution < 1.29 is 24.2 Å². The van der Waals surface area contributed by atoms with Gasteiger partial charge >= 0.3 is 6.09 Å². The molecular weight excluding hydrogens is 410 g/mol. The van der Waals surface area contributed by atoms with Gasteiger partial charge in [-0.05, 0) is 58.2 Å². The molecule has 1 aromatic rings. The quantitative estimate of drug-likeness (QED) is 0.462. The van der Waals surface area contributed by atoms with Crippen LogP contribution in [0.4, 0.5) is 4.79 Å². The molecule has 1 saturated carbocycles. The van der Waals surface area contributed by atoms with E-state index < -0.39 is 35.6 Å². The van der Waals surface area contributed by atoms with E-state index >= 15 is 0 Å². The molecule has 2 unspecified atom stereocenters.